The highest BCUT2D eigenvalue weighted by Crippen LogP contribution is 2.28. The highest BCUT2D eigenvalue weighted by Gasteiger charge is 2.21. The Labute approximate surface area is 113 Å². The molecule has 2 aliphatic carbocycles. The quantitative estimate of drug-likeness (QED) is 0.698. The van der Waals surface area contributed by atoms with Gasteiger partial charge in [0.15, 0.2) is 0 Å². The molecule has 0 spiro atoms. The van der Waals surface area contributed by atoms with Crippen LogP contribution in [0.25, 0.3) is 0 Å². The Morgan fingerprint density at radius 1 is 1.00 bits per heavy atom. The lowest BCUT2D eigenvalue weighted by Gasteiger charge is -2.28. The second-order valence-electron chi connectivity index (χ2n) is 6.29. The van der Waals surface area contributed by atoms with Gasteiger partial charge in [0.1, 0.15) is 0 Å². The molecule has 2 saturated carbocycles. The smallest absolute Gasteiger partial charge is 0.0594 e. The molecule has 0 saturated heterocycles. The lowest BCUT2D eigenvalue weighted by Crippen LogP contribution is -2.29. The zero-order valence-electron chi connectivity index (χ0n) is 12.1. The Hall–Kier alpha value is -0.0800. The van der Waals surface area contributed by atoms with Crippen LogP contribution < -0.4 is 5.32 Å². The highest BCUT2D eigenvalue weighted by molar-refractivity contribution is 4.73. The van der Waals surface area contributed by atoms with E-state index in [0.717, 1.165) is 25.0 Å². The molecule has 18 heavy (non-hydrogen) atoms. The van der Waals surface area contributed by atoms with Crippen molar-refractivity contribution < 1.29 is 4.74 Å². The first-order valence-corrected chi connectivity index (χ1v) is 8.20. The number of hydrogen-bond donors (Lipinski definition) is 1. The molecule has 0 amide bonds. The van der Waals surface area contributed by atoms with Gasteiger partial charge in [-0.15, -0.1) is 0 Å². The Kier molecular flexibility index (Phi) is 6.50. The van der Waals surface area contributed by atoms with Crippen LogP contribution in [0.4, 0.5) is 0 Å². The second-order valence-corrected chi connectivity index (χ2v) is 6.29. The van der Waals surface area contributed by atoms with Gasteiger partial charge in [-0.2, -0.15) is 0 Å². The summed E-state index contributed by atoms with van der Waals surface area (Å²) < 4.78 is 6.02. The van der Waals surface area contributed by atoms with E-state index in [9.17, 15) is 0 Å². The minimum Gasteiger partial charge on any atom is -0.377 e. The molecule has 0 aliphatic heterocycles. The van der Waals surface area contributed by atoms with Crippen LogP contribution in [0.3, 0.4) is 0 Å². The van der Waals surface area contributed by atoms with Gasteiger partial charge in [-0.3, -0.25) is 0 Å². The molecule has 0 aromatic rings. The first-order valence-electron chi connectivity index (χ1n) is 8.20. The van der Waals surface area contributed by atoms with Crippen LogP contribution in [-0.2, 0) is 4.74 Å². The maximum Gasteiger partial charge on any atom is 0.0594 e. The van der Waals surface area contributed by atoms with Crippen LogP contribution in [0.5, 0.6) is 0 Å². The van der Waals surface area contributed by atoms with E-state index in [0.29, 0.717) is 6.10 Å². The summed E-state index contributed by atoms with van der Waals surface area (Å²) >= 11 is 0. The first-order chi connectivity index (χ1) is 8.88. The maximum atomic E-state index is 6.02. The predicted molar refractivity (Wildman–Crippen MR) is 76.8 cm³/mol. The number of nitrogens with one attached hydrogen (secondary N) is 1. The third kappa shape index (κ3) is 4.89. The van der Waals surface area contributed by atoms with Gasteiger partial charge < -0.3 is 10.1 Å². The van der Waals surface area contributed by atoms with Crippen molar-refractivity contribution >= 4 is 0 Å². The summed E-state index contributed by atoms with van der Waals surface area (Å²) in [5, 5.41) is 3.57. The van der Waals surface area contributed by atoms with Gasteiger partial charge in [-0.25, -0.2) is 0 Å². The Morgan fingerprint density at radius 3 is 2.56 bits per heavy atom. The fourth-order valence-electron chi connectivity index (χ4n) is 3.58. The number of rotatable bonds is 7. The standard InChI is InChI=1S/C16H31NO/c1-2-14-8-5-9-16(12-14)18-11-10-17-13-15-6-3-4-7-15/h14-17H,2-13H2,1H3. The summed E-state index contributed by atoms with van der Waals surface area (Å²) in [5.74, 6) is 1.87. The molecule has 1 N–H and O–H groups in total. The van der Waals surface area contributed by atoms with E-state index in [-0.39, 0.29) is 0 Å². The van der Waals surface area contributed by atoms with E-state index >= 15 is 0 Å². The minimum absolute atomic E-state index is 0.553. The van der Waals surface area contributed by atoms with E-state index in [1.54, 1.807) is 0 Å². The van der Waals surface area contributed by atoms with Crippen LogP contribution in [0.15, 0.2) is 0 Å². The van der Waals surface area contributed by atoms with Crippen LogP contribution in [0.1, 0.15) is 64.7 Å². The molecule has 0 bridgehead atoms. The van der Waals surface area contributed by atoms with Gasteiger partial charge in [0, 0.05) is 6.54 Å². The molecule has 2 aliphatic rings. The zero-order chi connectivity index (χ0) is 12.6. The van der Waals surface area contributed by atoms with Crippen molar-refractivity contribution in [3.63, 3.8) is 0 Å². The van der Waals surface area contributed by atoms with Crippen molar-refractivity contribution in [2.45, 2.75) is 70.8 Å². The van der Waals surface area contributed by atoms with E-state index < -0.39 is 0 Å². The van der Waals surface area contributed by atoms with E-state index in [1.165, 1.54) is 64.3 Å². The lowest BCUT2D eigenvalue weighted by atomic mass is 9.85. The van der Waals surface area contributed by atoms with Crippen LogP contribution in [0.2, 0.25) is 0 Å². The Bertz CT molecular complexity index is 213. The van der Waals surface area contributed by atoms with Crippen molar-refractivity contribution in [1.82, 2.24) is 5.32 Å². The molecule has 2 heteroatoms. The van der Waals surface area contributed by atoms with Crippen molar-refractivity contribution in [2.24, 2.45) is 11.8 Å². The number of hydrogen-bond acceptors (Lipinski definition) is 2. The zero-order valence-corrected chi connectivity index (χ0v) is 12.1. The monoisotopic (exact) mass is 253 g/mol. The fraction of sp³-hybridized carbons (Fsp3) is 1.00. The highest BCUT2D eigenvalue weighted by atomic mass is 16.5. The average molecular weight is 253 g/mol. The SMILES string of the molecule is CCC1CCCC(OCCNCC2CCCC2)C1. The third-order valence-electron chi connectivity index (χ3n) is 4.85. The molecule has 2 atom stereocenters. The summed E-state index contributed by atoms with van der Waals surface area (Å²) in [5.41, 5.74) is 0. The Morgan fingerprint density at radius 2 is 1.78 bits per heavy atom. The van der Waals surface area contributed by atoms with E-state index in [2.05, 4.69) is 12.2 Å². The molecule has 2 nitrogen and oxygen atoms in total. The van der Waals surface area contributed by atoms with Crippen molar-refractivity contribution in [1.29, 1.82) is 0 Å². The van der Waals surface area contributed by atoms with Crippen molar-refractivity contribution in [3.8, 4) is 0 Å². The molecule has 106 valence electrons. The predicted octanol–water partition coefficient (Wildman–Crippen LogP) is 3.75. The van der Waals surface area contributed by atoms with Crippen LogP contribution >= 0.6 is 0 Å². The van der Waals surface area contributed by atoms with Crippen LogP contribution in [-0.4, -0.2) is 25.8 Å². The summed E-state index contributed by atoms with van der Waals surface area (Å²) in [7, 11) is 0. The average Bonchev–Trinajstić information content (AvgIpc) is 2.92. The molecule has 0 radical (unpaired) electrons. The van der Waals surface area contributed by atoms with Gasteiger partial charge in [0.2, 0.25) is 0 Å². The summed E-state index contributed by atoms with van der Waals surface area (Å²) in [6.07, 6.45) is 13.1. The van der Waals surface area contributed by atoms with Gasteiger partial charge in [0.05, 0.1) is 12.7 Å². The molecule has 0 aromatic heterocycles. The summed E-state index contributed by atoms with van der Waals surface area (Å²) in [6, 6.07) is 0. The molecule has 0 aromatic carbocycles. The van der Waals surface area contributed by atoms with Gasteiger partial charge in [-0.1, -0.05) is 39.0 Å². The summed E-state index contributed by atoms with van der Waals surface area (Å²) in [6.45, 7) is 5.49. The summed E-state index contributed by atoms with van der Waals surface area (Å²) in [4.78, 5) is 0. The molecule has 2 rings (SSSR count). The topological polar surface area (TPSA) is 21.3 Å². The van der Waals surface area contributed by atoms with Gasteiger partial charge >= 0.3 is 0 Å². The van der Waals surface area contributed by atoms with Gasteiger partial charge in [-0.05, 0) is 44.1 Å². The largest absolute Gasteiger partial charge is 0.377 e. The fourth-order valence-corrected chi connectivity index (χ4v) is 3.58. The molecular weight excluding hydrogens is 222 g/mol. The molecule has 0 heterocycles. The number of ether oxygens (including phenoxy) is 1. The van der Waals surface area contributed by atoms with Crippen molar-refractivity contribution in [2.75, 3.05) is 19.7 Å². The molecular formula is C16H31NO. The van der Waals surface area contributed by atoms with Gasteiger partial charge in [0.25, 0.3) is 0 Å². The molecule has 2 fully saturated rings. The normalized spacial score (nSPS) is 29.8. The van der Waals surface area contributed by atoms with E-state index in [4.69, 9.17) is 4.74 Å². The minimum atomic E-state index is 0.553. The lowest BCUT2D eigenvalue weighted by molar-refractivity contribution is 0.0141. The maximum absolute atomic E-state index is 6.02. The van der Waals surface area contributed by atoms with E-state index in [1.807, 2.05) is 0 Å². The molecule has 2 unspecified atom stereocenters. The second kappa shape index (κ2) is 8.16. The van der Waals surface area contributed by atoms with Crippen molar-refractivity contribution in [3.05, 3.63) is 0 Å². The Balaban J connectivity index is 1.47. The first kappa shape index (κ1) is 14.3. The third-order valence-corrected chi connectivity index (χ3v) is 4.85. The van der Waals surface area contributed by atoms with Crippen LogP contribution in [0, 0.1) is 11.8 Å².